The van der Waals surface area contributed by atoms with Crippen molar-refractivity contribution < 1.29 is 18.7 Å². The second-order valence-electron chi connectivity index (χ2n) is 4.57. The number of hydrogen-bond donors (Lipinski definition) is 1. The zero-order chi connectivity index (χ0) is 15.9. The Morgan fingerprint density at radius 3 is 2.64 bits per heavy atom. The van der Waals surface area contributed by atoms with E-state index in [2.05, 4.69) is 5.32 Å². The fraction of sp³-hybridized carbons (Fsp3) is 0.235. The molecule has 0 atom stereocenters. The summed E-state index contributed by atoms with van der Waals surface area (Å²) in [6.45, 7) is 2.45. The van der Waals surface area contributed by atoms with E-state index in [0.717, 1.165) is 0 Å². The Morgan fingerprint density at radius 2 is 1.95 bits per heavy atom. The van der Waals surface area contributed by atoms with E-state index in [4.69, 9.17) is 9.47 Å². The van der Waals surface area contributed by atoms with E-state index in [1.54, 1.807) is 36.4 Å². The molecule has 0 bridgehead atoms. The first-order chi connectivity index (χ1) is 10.7. The SMILES string of the molecule is CCOc1cc(C(=O)NCc2ccccc2F)ccc1OC. The predicted molar refractivity (Wildman–Crippen MR) is 81.7 cm³/mol. The van der Waals surface area contributed by atoms with E-state index in [1.807, 2.05) is 6.92 Å². The third-order valence-corrected chi connectivity index (χ3v) is 3.12. The molecule has 116 valence electrons. The average Bonchev–Trinajstić information content (AvgIpc) is 2.54. The summed E-state index contributed by atoms with van der Waals surface area (Å²) < 4.78 is 24.1. The van der Waals surface area contributed by atoms with Gasteiger partial charge in [0.1, 0.15) is 5.82 Å². The molecule has 1 amide bonds. The highest BCUT2D eigenvalue weighted by molar-refractivity contribution is 5.94. The van der Waals surface area contributed by atoms with Crippen molar-refractivity contribution in [2.45, 2.75) is 13.5 Å². The minimum absolute atomic E-state index is 0.126. The summed E-state index contributed by atoms with van der Waals surface area (Å²) in [5, 5.41) is 2.69. The summed E-state index contributed by atoms with van der Waals surface area (Å²) in [5.74, 6) is 0.426. The molecule has 5 heteroatoms. The van der Waals surface area contributed by atoms with E-state index in [0.29, 0.717) is 29.2 Å². The summed E-state index contributed by atoms with van der Waals surface area (Å²) in [7, 11) is 1.54. The Labute approximate surface area is 128 Å². The molecule has 2 aromatic carbocycles. The molecule has 0 saturated carbocycles. The molecule has 0 heterocycles. The van der Waals surface area contributed by atoms with Crippen LogP contribution in [-0.2, 0) is 6.54 Å². The Balaban J connectivity index is 2.09. The van der Waals surface area contributed by atoms with Crippen molar-refractivity contribution in [2.24, 2.45) is 0 Å². The van der Waals surface area contributed by atoms with E-state index in [9.17, 15) is 9.18 Å². The number of hydrogen-bond acceptors (Lipinski definition) is 3. The van der Waals surface area contributed by atoms with Crippen LogP contribution in [0, 0.1) is 5.82 Å². The molecule has 0 aliphatic carbocycles. The number of benzene rings is 2. The van der Waals surface area contributed by atoms with Crippen molar-refractivity contribution in [3.8, 4) is 11.5 Å². The first kappa shape index (κ1) is 15.8. The fourth-order valence-electron chi connectivity index (χ4n) is 2.01. The zero-order valence-electron chi connectivity index (χ0n) is 12.6. The fourth-order valence-corrected chi connectivity index (χ4v) is 2.01. The lowest BCUT2D eigenvalue weighted by atomic mass is 10.1. The highest BCUT2D eigenvalue weighted by Crippen LogP contribution is 2.28. The van der Waals surface area contributed by atoms with Gasteiger partial charge in [-0.25, -0.2) is 4.39 Å². The van der Waals surface area contributed by atoms with Crippen LogP contribution in [0.3, 0.4) is 0 Å². The molecule has 0 unspecified atom stereocenters. The molecule has 0 aliphatic rings. The van der Waals surface area contributed by atoms with Crippen molar-refractivity contribution >= 4 is 5.91 Å². The van der Waals surface area contributed by atoms with Gasteiger partial charge in [-0.05, 0) is 31.2 Å². The molecular weight excluding hydrogens is 285 g/mol. The summed E-state index contributed by atoms with van der Waals surface area (Å²) in [4.78, 5) is 12.2. The summed E-state index contributed by atoms with van der Waals surface area (Å²) in [6, 6.07) is 11.3. The molecule has 0 radical (unpaired) electrons. The van der Waals surface area contributed by atoms with Gasteiger partial charge < -0.3 is 14.8 Å². The predicted octanol–water partition coefficient (Wildman–Crippen LogP) is 3.16. The lowest BCUT2D eigenvalue weighted by Crippen LogP contribution is -2.23. The van der Waals surface area contributed by atoms with E-state index >= 15 is 0 Å². The van der Waals surface area contributed by atoms with Crippen LogP contribution < -0.4 is 14.8 Å². The van der Waals surface area contributed by atoms with Gasteiger partial charge >= 0.3 is 0 Å². The summed E-state index contributed by atoms with van der Waals surface area (Å²) >= 11 is 0. The standard InChI is InChI=1S/C17H18FNO3/c1-3-22-16-10-12(8-9-15(16)21-2)17(20)19-11-13-6-4-5-7-14(13)18/h4-10H,3,11H2,1-2H3,(H,19,20). The van der Waals surface area contributed by atoms with Crippen molar-refractivity contribution in [2.75, 3.05) is 13.7 Å². The van der Waals surface area contributed by atoms with Gasteiger partial charge in [0.2, 0.25) is 0 Å². The van der Waals surface area contributed by atoms with Crippen LogP contribution in [0.15, 0.2) is 42.5 Å². The smallest absolute Gasteiger partial charge is 0.251 e. The third kappa shape index (κ3) is 3.75. The van der Waals surface area contributed by atoms with Gasteiger partial charge in [-0.1, -0.05) is 18.2 Å². The number of rotatable bonds is 6. The second-order valence-corrected chi connectivity index (χ2v) is 4.57. The van der Waals surface area contributed by atoms with Crippen molar-refractivity contribution in [1.29, 1.82) is 0 Å². The molecule has 0 fully saturated rings. The second kappa shape index (κ2) is 7.45. The Hall–Kier alpha value is -2.56. The largest absolute Gasteiger partial charge is 0.493 e. The maximum absolute atomic E-state index is 13.5. The molecule has 2 aromatic rings. The van der Waals surface area contributed by atoms with Gasteiger partial charge in [-0.2, -0.15) is 0 Å². The molecular formula is C17H18FNO3. The molecule has 22 heavy (non-hydrogen) atoms. The van der Waals surface area contributed by atoms with Crippen LogP contribution in [0.2, 0.25) is 0 Å². The van der Waals surface area contributed by atoms with Crippen molar-refractivity contribution in [3.63, 3.8) is 0 Å². The van der Waals surface area contributed by atoms with Gasteiger partial charge in [0, 0.05) is 17.7 Å². The molecule has 1 N–H and O–H groups in total. The Bertz CT molecular complexity index is 658. The van der Waals surface area contributed by atoms with Crippen LogP contribution in [0.25, 0.3) is 0 Å². The monoisotopic (exact) mass is 303 g/mol. The van der Waals surface area contributed by atoms with Crippen LogP contribution in [0.1, 0.15) is 22.8 Å². The Kier molecular flexibility index (Phi) is 5.36. The molecule has 0 aliphatic heterocycles. The van der Waals surface area contributed by atoms with Crippen LogP contribution >= 0.6 is 0 Å². The zero-order valence-corrected chi connectivity index (χ0v) is 12.6. The van der Waals surface area contributed by atoms with E-state index in [1.165, 1.54) is 13.2 Å². The highest BCUT2D eigenvalue weighted by atomic mass is 19.1. The minimum Gasteiger partial charge on any atom is -0.493 e. The number of methoxy groups -OCH3 is 1. The van der Waals surface area contributed by atoms with Crippen LogP contribution in [0.4, 0.5) is 4.39 Å². The molecule has 0 spiro atoms. The first-order valence-electron chi connectivity index (χ1n) is 6.98. The number of nitrogens with one attached hydrogen (secondary N) is 1. The molecule has 4 nitrogen and oxygen atoms in total. The van der Waals surface area contributed by atoms with E-state index < -0.39 is 0 Å². The highest BCUT2D eigenvalue weighted by Gasteiger charge is 2.11. The lowest BCUT2D eigenvalue weighted by molar-refractivity contribution is 0.0950. The minimum atomic E-state index is -0.340. The van der Waals surface area contributed by atoms with Crippen LogP contribution in [-0.4, -0.2) is 19.6 Å². The van der Waals surface area contributed by atoms with Gasteiger partial charge in [0.25, 0.3) is 5.91 Å². The first-order valence-corrected chi connectivity index (χ1v) is 6.98. The normalized spacial score (nSPS) is 10.1. The van der Waals surface area contributed by atoms with Crippen molar-refractivity contribution in [1.82, 2.24) is 5.32 Å². The van der Waals surface area contributed by atoms with Gasteiger partial charge in [-0.15, -0.1) is 0 Å². The number of carbonyl (C=O) groups is 1. The quantitative estimate of drug-likeness (QED) is 0.891. The average molecular weight is 303 g/mol. The molecule has 0 saturated heterocycles. The number of carbonyl (C=O) groups excluding carboxylic acids is 1. The van der Waals surface area contributed by atoms with E-state index in [-0.39, 0.29) is 18.3 Å². The third-order valence-electron chi connectivity index (χ3n) is 3.12. The maximum Gasteiger partial charge on any atom is 0.251 e. The van der Waals surface area contributed by atoms with Gasteiger partial charge in [-0.3, -0.25) is 4.79 Å². The van der Waals surface area contributed by atoms with Gasteiger partial charge in [0.05, 0.1) is 13.7 Å². The number of ether oxygens (including phenoxy) is 2. The summed E-state index contributed by atoms with van der Waals surface area (Å²) in [5.41, 5.74) is 0.870. The van der Waals surface area contributed by atoms with Gasteiger partial charge in [0.15, 0.2) is 11.5 Å². The molecule has 2 rings (SSSR count). The lowest BCUT2D eigenvalue weighted by Gasteiger charge is -2.11. The maximum atomic E-state index is 13.5. The topological polar surface area (TPSA) is 47.6 Å². The number of halogens is 1. The number of amides is 1. The summed E-state index contributed by atoms with van der Waals surface area (Å²) in [6.07, 6.45) is 0. The Morgan fingerprint density at radius 1 is 1.18 bits per heavy atom. The van der Waals surface area contributed by atoms with Crippen LogP contribution in [0.5, 0.6) is 11.5 Å². The van der Waals surface area contributed by atoms with Crippen molar-refractivity contribution in [3.05, 3.63) is 59.4 Å². The molecule has 0 aromatic heterocycles.